The Hall–Kier alpha value is -8.00. The topological polar surface area (TPSA) is 4.93 Å². The minimum atomic E-state index is 1.09. The lowest BCUT2D eigenvalue weighted by atomic mass is 9.93. The van der Waals surface area contributed by atoms with Crippen LogP contribution in [0.2, 0.25) is 0 Å². The van der Waals surface area contributed by atoms with E-state index < -0.39 is 0 Å². The molecule has 0 N–H and O–H groups in total. The van der Waals surface area contributed by atoms with Crippen LogP contribution in [-0.2, 0) is 0 Å². The number of rotatable bonds is 6. The van der Waals surface area contributed by atoms with Crippen LogP contribution in [0.25, 0.3) is 105 Å². The highest BCUT2D eigenvalue weighted by Crippen LogP contribution is 2.40. The quantitative estimate of drug-likeness (QED) is 0.159. The van der Waals surface area contributed by atoms with Crippen molar-refractivity contribution in [2.75, 3.05) is 0 Å². The van der Waals surface area contributed by atoms with Crippen LogP contribution in [0.4, 0.5) is 0 Å². The van der Waals surface area contributed by atoms with Crippen LogP contribution in [-0.4, -0.2) is 4.57 Å². The fourth-order valence-electron chi connectivity index (χ4n) is 9.18. The number of fused-ring (bicyclic) bond motifs is 7. The summed E-state index contributed by atoms with van der Waals surface area (Å²) in [6.07, 6.45) is 0. The average Bonchev–Trinajstić information content (AvgIpc) is 3.39. The predicted molar refractivity (Wildman–Crippen MR) is 261 cm³/mol. The van der Waals surface area contributed by atoms with Crippen molar-refractivity contribution in [2.24, 2.45) is 0 Å². The van der Waals surface area contributed by atoms with Gasteiger partial charge in [0.25, 0.3) is 0 Å². The number of nitrogens with zero attached hydrogens (tertiary/aromatic N) is 1. The number of hydrogen-bond acceptors (Lipinski definition) is 0. The van der Waals surface area contributed by atoms with E-state index in [2.05, 4.69) is 253 Å². The second kappa shape index (κ2) is 15.6. The van der Waals surface area contributed by atoms with E-state index in [1.165, 1.54) is 88.0 Å². The molecule has 0 aliphatic rings. The van der Waals surface area contributed by atoms with Crippen LogP contribution < -0.4 is 0 Å². The highest BCUT2D eigenvalue weighted by atomic mass is 15.0. The molecule has 1 heteroatoms. The molecule has 1 heterocycles. The summed E-state index contributed by atoms with van der Waals surface area (Å²) < 4.78 is 2.48. The molecule has 0 fully saturated rings. The van der Waals surface area contributed by atoms with Crippen LogP contribution in [0.3, 0.4) is 0 Å². The molecule has 286 valence electrons. The molecular weight excluding hydrogens is 735 g/mol. The molecule has 0 saturated heterocycles. The number of aromatic nitrogens is 1. The van der Waals surface area contributed by atoms with Crippen molar-refractivity contribution in [3.63, 3.8) is 0 Å². The monoisotopic (exact) mass is 775 g/mol. The first-order valence-corrected chi connectivity index (χ1v) is 21.0. The molecule has 0 unspecified atom stereocenters. The van der Waals surface area contributed by atoms with Gasteiger partial charge in [-0.25, -0.2) is 0 Å². The van der Waals surface area contributed by atoms with Gasteiger partial charge in [0.1, 0.15) is 0 Å². The third-order valence-electron chi connectivity index (χ3n) is 12.1. The zero-order valence-electron chi connectivity index (χ0n) is 33.6. The first kappa shape index (κ1) is 36.1. The molecule has 1 nitrogen and oxygen atoms in total. The van der Waals surface area contributed by atoms with Gasteiger partial charge in [0, 0.05) is 16.5 Å². The van der Waals surface area contributed by atoms with E-state index in [0.29, 0.717) is 0 Å². The summed E-state index contributed by atoms with van der Waals surface area (Å²) in [7, 11) is 0. The van der Waals surface area contributed by atoms with Gasteiger partial charge in [0.05, 0.1) is 11.0 Å². The maximum absolute atomic E-state index is 2.48. The van der Waals surface area contributed by atoms with Crippen molar-refractivity contribution in [3.8, 4) is 61.3 Å². The van der Waals surface area contributed by atoms with Crippen molar-refractivity contribution < 1.29 is 0 Å². The van der Waals surface area contributed by atoms with E-state index in [4.69, 9.17) is 0 Å². The third-order valence-corrected chi connectivity index (χ3v) is 12.1. The predicted octanol–water partition coefficient (Wildman–Crippen LogP) is 16.5. The third kappa shape index (κ3) is 6.63. The lowest BCUT2D eigenvalue weighted by molar-refractivity contribution is 1.17. The van der Waals surface area contributed by atoms with Crippen molar-refractivity contribution in [1.29, 1.82) is 0 Å². The maximum Gasteiger partial charge on any atom is 0.0540 e. The Labute approximate surface area is 356 Å². The van der Waals surface area contributed by atoms with Crippen LogP contribution in [0, 0.1) is 0 Å². The fraction of sp³-hybridized carbons (Fsp3) is 0. The normalized spacial score (nSPS) is 11.3. The first-order valence-electron chi connectivity index (χ1n) is 21.0. The molecule has 10 aromatic carbocycles. The number of benzene rings is 10. The van der Waals surface area contributed by atoms with E-state index in [1.54, 1.807) is 0 Å². The summed E-state index contributed by atoms with van der Waals surface area (Å²) in [5.41, 5.74) is 15.3. The van der Waals surface area contributed by atoms with Gasteiger partial charge in [-0.2, -0.15) is 0 Å². The summed E-state index contributed by atoms with van der Waals surface area (Å²) in [5, 5.41) is 7.13. The summed E-state index contributed by atoms with van der Waals surface area (Å²) in [6, 6.07) is 90.7. The molecule has 0 radical (unpaired) electrons. The summed E-state index contributed by atoms with van der Waals surface area (Å²) in [4.78, 5) is 0. The smallest absolute Gasteiger partial charge is 0.0540 e. The van der Waals surface area contributed by atoms with Gasteiger partial charge >= 0.3 is 0 Å². The highest BCUT2D eigenvalue weighted by molar-refractivity contribution is 6.20. The second-order valence-corrected chi connectivity index (χ2v) is 15.6. The molecule has 61 heavy (non-hydrogen) atoms. The summed E-state index contributed by atoms with van der Waals surface area (Å²) in [6.45, 7) is 0. The Morgan fingerprint density at radius 2 is 0.492 bits per heavy atom. The molecule has 11 aromatic rings. The molecule has 0 amide bonds. The van der Waals surface area contributed by atoms with Crippen molar-refractivity contribution in [3.05, 3.63) is 249 Å². The molecule has 0 aliphatic carbocycles. The molecule has 0 atom stereocenters. The Morgan fingerprint density at radius 1 is 0.197 bits per heavy atom. The molecule has 0 bridgehead atoms. The maximum atomic E-state index is 2.48. The Bertz CT molecular complexity index is 3240. The Morgan fingerprint density at radius 3 is 0.902 bits per heavy atom. The van der Waals surface area contributed by atoms with Crippen LogP contribution in [0.15, 0.2) is 249 Å². The second-order valence-electron chi connectivity index (χ2n) is 15.6. The van der Waals surface area contributed by atoms with E-state index in [9.17, 15) is 0 Å². The summed E-state index contributed by atoms with van der Waals surface area (Å²) >= 11 is 0. The van der Waals surface area contributed by atoms with Gasteiger partial charge in [-0.1, -0.05) is 212 Å². The van der Waals surface area contributed by atoms with E-state index >= 15 is 0 Å². The van der Waals surface area contributed by atoms with Gasteiger partial charge in [-0.15, -0.1) is 0 Å². The fourth-order valence-corrected chi connectivity index (χ4v) is 9.18. The Balaban J connectivity index is 1.29. The van der Waals surface area contributed by atoms with Crippen molar-refractivity contribution in [1.82, 2.24) is 4.57 Å². The SMILES string of the molecule is c1ccc(-c2ccc(-n3c4ccc(-c5ccccc5-c5ccccc5)cc4c4ccccc4c4ccccc4c4cc(-c5ccccc5-c5ccccc5)ccc43)cc2)cc1. The molecular formula is C60H41N. The standard InChI is InChI=1S/C60H41N/c1-4-18-42(19-5-1)43-32-36-48(37-33-43)61-59-38-34-46(51-26-12-10-24-49(51)44-20-6-2-7-21-44)40-57(59)55-30-16-14-28-53(55)54-29-15-17-31-56(54)58-41-47(35-39-60(58)61)52-27-13-11-25-50(52)45-22-8-3-9-23-45/h1-41H. The van der Waals surface area contributed by atoms with Crippen LogP contribution in [0.1, 0.15) is 0 Å². The van der Waals surface area contributed by atoms with Crippen LogP contribution >= 0.6 is 0 Å². The lowest BCUT2D eigenvalue weighted by Crippen LogP contribution is -1.99. The van der Waals surface area contributed by atoms with Gasteiger partial charge in [0.2, 0.25) is 0 Å². The number of hydrogen-bond donors (Lipinski definition) is 0. The average molecular weight is 776 g/mol. The van der Waals surface area contributed by atoms with Crippen molar-refractivity contribution in [2.45, 2.75) is 0 Å². The largest absolute Gasteiger partial charge is 0.309 e. The first-order chi connectivity index (χ1) is 30.3. The minimum absolute atomic E-state index is 1.09. The van der Waals surface area contributed by atoms with E-state index in [-0.39, 0.29) is 0 Å². The molecule has 0 aliphatic heterocycles. The zero-order valence-corrected chi connectivity index (χ0v) is 33.6. The molecule has 0 spiro atoms. The van der Waals surface area contributed by atoms with Gasteiger partial charge in [-0.05, 0) is 114 Å². The van der Waals surface area contributed by atoms with Gasteiger partial charge in [-0.3, -0.25) is 0 Å². The summed E-state index contributed by atoms with van der Waals surface area (Å²) in [5.74, 6) is 0. The van der Waals surface area contributed by atoms with E-state index in [0.717, 1.165) is 16.7 Å². The zero-order chi connectivity index (χ0) is 40.5. The van der Waals surface area contributed by atoms with Gasteiger partial charge < -0.3 is 4.57 Å². The van der Waals surface area contributed by atoms with Crippen LogP contribution in [0.5, 0.6) is 0 Å². The minimum Gasteiger partial charge on any atom is -0.309 e. The van der Waals surface area contributed by atoms with Crippen molar-refractivity contribution >= 4 is 43.4 Å². The Kier molecular flexibility index (Phi) is 9.26. The highest BCUT2D eigenvalue weighted by Gasteiger charge is 2.16. The lowest BCUT2D eigenvalue weighted by Gasteiger charge is -2.17. The molecule has 0 saturated carbocycles. The van der Waals surface area contributed by atoms with Gasteiger partial charge in [0.15, 0.2) is 0 Å². The molecule has 11 rings (SSSR count). The molecule has 1 aromatic heterocycles. The van der Waals surface area contributed by atoms with E-state index in [1.807, 2.05) is 0 Å².